The Hall–Kier alpha value is -1.74. The van der Waals surface area contributed by atoms with E-state index >= 15 is 0 Å². The third-order valence-electron chi connectivity index (χ3n) is 4.51. The fourth-order valence-electron chi connectivity index (χ4n) is 3.40. The molecule has 0 amide bonds. The first kappa shape index (κ1) is 14.2. The van der Waals surface area contributed by atoms with Gasteiger partial charge in [0.25, 0.3) is 0 Å². The molecular weight excluding hydrogens is 268 g/mol. The summed E-state index contributed by atoms with van der Waals surface area (Å²) in [5.74, 6) is -1.13. The standard InChI is InChI=1S/C18H19F2N/c1-21-17(11-13-6-4-8-16(19)18(13)20)15-10-9-12-5-2-3-7-14(12)15/h2-8,15,17,21H,9-11H2,1H3. The molecule has 1 aliphatic rings. The molecule has 0 heterocycles. The van der Waals surface area contributed by atoms with E-state index in [9.17, 15) is 8.78 Å². The van der Waals surface area contributed by atoms with Gasteiger partial charge in [0.1, 0.15) is 0 Å². The van der Waals surface area contributed by atoms with E-state index in [4.69, 9.17) is 0 Å². The number of benzene rings is 2. The molecule has 2 unspecified atom stereocenters. The molecule has 1 N–H and O–H groups in total. The molecule has 0 bridgehead atoms. The van der Waals surface area contributed by atoms with Gasteiger partial charge in [-0.05, 0) is 49.1 Å². The summed E-state index contributed by atoms with van der Waals surface area (Å²) in [7, 11) is 1.89. The van der Waals surface area contributed by atoms with Gasteiger partial charge in [0.05, 0.1) is 0 Å². The number of likely N-dealkylation sites (N-methyl/N-ethyl adjacent to an activating group) is 1. The summed E-state index contributed by atoms with van der Waals surface area (Å²) < 4.78 is 27.2. The second-order valence-corrected chi connectivity index (χ2v) is 5.66. The second kappa shape index (κ2) is 5.94. The lowest BCUT2D eigenvalue weighted by molar-refractivity contribution is 0.438. The topological polar surface area (TPSA) is 12.0 Å². The number of nitrogens with one attached hydrogen (secondary N) is 1. The van der Waals surface area contributed by atoms with E-state index in [1.165, 1.54) is 11.1 Å². The SMILES string of the molecule is CNC(Cc1cccc(F)c1F)C1CCc2ccccc21. The average molecular weight is 287 g/mol. The largest absolute Gasteiger partial charge is 0.316 e. The van der Waals surface area contributed by atoms with Crippen LogP contribution >= 0.6 is 0 Å². The third kappa shape index (κ3) is 2.70. The summed E-state index contributed by atoms with van der Waals surface area (Å²) >= 11 is 0. The maximum atomic E-state index is 13.9. The lowest BCUT2D eigenvalue weighted by Gasteiger charge is -2.24. The van der Waals surface area contributed by atoms with Crippen LogP contribution in [-0.2, 0) is 12.8 Å². The van der Waals surface area contributed by atoms with Gasteiger partial charge in [0.2, 0.25) is 0 Å². The zero-order valence-corrected chi connectivity index (χ0v) is 12.1. The first-order valence-electron chi connectivity index (χ1n) is 7.38. The van der Waals surface area contributed by atoms with E-state index in [2.05, 4.69) is 23.5 Å². The van der Waals surface area contributed by atoms with Gasteiger partial charge < -0.3 is 5.32 Å². The second-order valence-electron chi connectivity index (χ2n) is 5.66. The van der Waals surface area contributed by atoms with Gasteiger partial charge in [-0.3, -0.25) is 0 Å². The van der Waals surface area contributed by atoms with Crippen molar-refractivity contribution in [3.05, 3.63) is 70.8 Å². The van der Waals surface area contributed by atoms with Crippen LogP contribution in [0.2, 0.25) is 0 Å². The fourth-order valence-corrected chi connectivity index (χ4v) is 3.40. The van der Waals surface area contributed by atoms with Crippen molar-refractivity contribution >= 4 is 0 Å². The smallest absolute Gasteiger partial charge is 0.162 e. The van der Waals surface area contributed by atoms with Gasteiger partial charge in [0.15, 0.2) is 11.6 Å². The Kier molecular flexibility index (Phi) is 4.02. The van der Waals surface area contributed by atoms with Crippen LogP contribution in [-0.4, -0.2) is 13.1 Å². The van der Waals surface area contributed by atoms with E-state index in [-0.39, 0.29) is 6.04 Å². The quantitative estimate of drug-likeness (QED) is 0.901. The highest BCUT2D eigenvalue weighted by molar-refractivity contribution is 5.36. The number of fused-ring (bicyclic) bond motifs is 1. The Balaban J connectivity index is 1.85. The highest BCUT2D eigenvalue weighted by atomic mass is 19.2. The summed E-state index contributed by atoms with van der Waals surface area (Å²) in [4.78, 5) is 0. The summed E-state index contributed by atoms with van der Waals surface area (Å²) in [5, 5.41) is 3.29. The highest BCUT2D eigenvalue weighted by Crippen LogP contribution is 2.36. The molecule has 110 valence electrons. The summed E-state index contributed by atoms with van der Waals surface area (Å²) in [6, 6.07) is 12.9. The molecule has 2 atom stereocenters. The molecular formula is C18H19F2N. The Morgan fingerprint density at radius 1 is 1.14 bits per heavy atom. The summed E-state index contributed by atoms with van der Waals surface area (Å²) in [6.45, 7) is 0. The maximum Gasteiger partial charge on any atom is 0.162 e. The molecule has 0 radical (unpaired) electrons. The number of halogens is 2. The zero-order chi connectivity index (χ0) is 14.8. The third-order valence-corrected chi connectivity index (χ3v) is 4.51. The monoisotopic (exact) mass is 287 g/mol. The average Bonchev–Trinajstić information content (AvgIpc) is 2.93. The Morgan fingerprint density at radius 3 is 2.76 bits per heavy atom. The number of hydrogen-bond donors (Lipinski definition) is 1. The lowest BCUT2D eigenvalue weighted by Crippen LogP contribution is -2.33. The molecule has 2 aromatic carbocycles. The summed E-state index contributed by atoms with van der Waals surface area (Å²) in [5.41, 5.74) is 3.16. The Morgan fingerprint density at radius 2 is 1.95 bits per heavy atom. The molecule has 0 saturated heterocycles. The van der Waals surface area contributed by atoms with Crippen molar-refractivity contribution in [1.29, 1.82) is 0 Å². The van der Waals surface area contributed by atoms with Crippen LogP contribution in [0.1, 0.15) is 29.0 Å². The van der Waals surface area contributed by atoms with E-state index in [1.807, 2.05) is 13.1 Å². The number of rotatable bonds is 4. The first-order chi connectivity index (χ1) is 10.2. The Labute approximate surface area is 124 Å². The minimum atomic E-state index is -0.769. The molecule has 0 aromatic heterocycles. The fraction of sp³-hybridized carbons (Fsp3) is 0.333. The predicted octanol–water partition coefficient (Wildman–Crippen LogP) is 3.83. The van der Waals surface area contributed by atoms with Gasteiger partial charge in [-0.25, -0.2) is 8.78 Å². The molecule has 0 saturated carbocycles. The molecule has 3 rings (SSSR count). The molecule has 0 aliphatic heterocycles. The van der Waals surface area contributed by atoms with Crippen molar-refractivity contribution in [3.63, 3.8) is 0 Å². The lowest BCUT2D eigenvalue weighted by atomic mass is 9.88. The van der Waals surface area contributed by atoms with E-state index in [1.54, 1.807) is 12.1 Å². The minimum Gasteiger partial charge on any atom is -0.316 e. The molecule has 0 spiro atoms. The normalized spacial score (nSPS) is 18.5. The summed E-state index contributed by atoms with van der Waals surface area (Å²) in [6.07, 6.45) is 2.62. The van der Waals surface area contributed by atoms with Crippen molar-refractivity contribution in [3.8, 4) is 0 Å². The Bertz CT molecular complexity index is 639. The van der Waals surface area contributed by atoms with E-state index < -0.39 is 11.6 Å². The molecule has 1 nitrogen and oxygen atoms in total. The van der Waals surface area contributed by atoms with Crippen LogP contribution in [0.15, 0.2) is 42.5 Å². The molecule has 2 aromatic rings. The van der Waals surface area contributed by atoms with Crippen molar-refractivity contribution in [1.82, 2.24) is 5.32 Å². The molecule has 0 fully saturated rings. The van der Waals surface area contributed by atoms with Crippen molar-refractivity contribution in [2.45, 2.75) is 31.2 Å². The molecule has 1 aliphatic carbocycles. The van der Waals surface area contributed by atoms with Gasteiger partial charge in [-0.1, -0.05) is 36.4 Å². The van der Waals surface area contributed by atoms with E-state index in [0.717, 1.165) is 18.9 Å². The van der Waals surface area contributed by atoms with Crippen LogP contribution in [0.3, 0.4) is 0 Å². The van der Waals surface area contributed by atoms with Crippen LogP contribution in [0.4, 0.5) is 8.78 Å². The predicted molar refractivity (Wildman–Crippen MR) is 80.4 cm³/mol. The first-order valence-corrected chi connectivity index (χ1v) is 7.38. The minimum absolute atomic E-state index is 0.116. The van der Waals surface area contributed by atoms with E-state index in [0.29, 0.717) is 17.9 Å². The van der Waals surface area contributed by atoms with Crippen LogP contribution in [0, 0.1) is 11.6 Å². The van der Waals surface area contributed by atoms with Crippen molar-refractivity contribution in [2.24, 2.45) is 0 Å². The molecule has 3 heteroatoms. The molecule has 21 heavy (non-hydrogen) atoms. The van der Waals surface area contributed by atoms with Gasteiger partial charge >= 0.3 is 0 Å². The maximum absolute atomic E-state index is 13.9. The number of hydrogen-bond acceptors (Lipinski definition) is 1. The van der Waals surface area contributed by atoms with Gasteiger partial charge in [-0.15, -0.1) is 0 Å². The van der Waals surface area contributed by atoms with Crippen molar-refractivity contribution in [2.75, 3.05) is 7.05 Å². The van der Waals surface area contributed by atoms with Crippen molar-refractivity contribution < 1.29 is 8.78 Å². The van der Waals surface area contributed by atoms with Gasteiger partial charge in [0, 0.05) is 12.0 Å². The number of aryl methyl sites for hydroxylation is 1. The van der Waals surface area contributed by atoms with Crippen LogP contribution in [0.5, 0.6) is 0 Å². The zero-order valence-electron chi connectivity index (χ0n) is 12.1. The van der Waals surface area contributed by atoms with Crippen LogP contribution < -0.4 is 5.32 Å². The van der Waals surface area contributed by atoms with Gasteiger partial charge in [-0.2, -0.15) is 0 Å². The highest BCUT2D eigenvalue weighted by Gasteiger charge is 2.29. The van der Waals surface area contributed by atoms with Crippen LogP contribution in [0.25, 0.3) is 0 Å².